The molecule has 0 spiro atoms. The largest absolute Gasteiger partial charge is 0.399 e. The van der Waals surface area contributed by atoms with E-state index in [1.165, 1.54) is 6.08 Å². The Balaban J connectivity index is 2.82. The minimum Gasteiger partial charge on any atom is -0.399 e. The van der Waals surface area contributed by atoms with E-state index in [1.54, 1.807) is 43.4 Å². The lowest BCUT2D eigenvalue weighted by Gasteiger charge is -2.09. The Labute approximate surface area is 101 Å². The van der Waals surface area contributed by atoms with Crippen LogP contribution in [0.5, 0.6) is 0 Å². The summed E-state index contributed by atoms with van der Waals surface area (Å²) in [5, 5.41) is 8.27. The van der Waals surface area contributed by atoms with Gasteiger partial charge in [0.05, 0.1) is 0 Å². The van der Waals surface area contributed by atoms with Crippen molar-refractivity contribution in [2.75, 3.05) is 19.8 Å². The minimum atomic E-state index is -0.266. The predicted molar refractivity (Wildman–Crippen MR) is 69.6 cm³/mol. The number of rotatable bonds is 3. The second-order valence-electron chi connectivity index (χ2n) is 3.62. The third kappa shape index (κ3) is 3.98. The summed E-state index contributed by atoms with van der Waals surface area (Å²) in [5.74, 6) is 0.125. The molecule has 5 heteroatoms. The van der Waals surface area contributed by atoms with Crippen LogP contribution in [0.25, 0.3) is 0 Å². The van der Waals surface area contributed by atoms with Gasteiger partial charge < -0.3 is 16.1 Å². The summed E-state index contributed by atoms with van der Waals surface area (Å²) < 4.78 is 0. The first-order valence-corrected chi connectivity index (χ1v) is 5.08. The van der Waals surface area contributed by atoms with Crippen LogP contribution in [0.4, 0.5) is 5.69 Å². The highest BCUT2D eigenvalue weighted by Crippen LogP contribution is 2.06. The number of hydrazone groups is 1. The number of nitrogens with two attached hydrogens (primary N) is 1. The van der Waals surface area contributed by atoms with Crippen molar-refractivity contribution in [3.63, 3.8) is 0 Å². The molecule has 0 aromatic heterocycles. The summed E-state index contributed by atoms with van der Waals surface area (Å²) >= 11 is 0. The number of hydrogen-bond acceptors (Lipinski definition) is 4. The number of nitrogens with one attached hydrogen (secondary N) is 1. The number of amidine groups is 1. The summed E-state index contributed by atoms with van der Waals surface area (Å²) in [6, 6.07) is 6.73. The quantitative estimate of drug-likeness (QED) is 0.354. The molecule has 17 heavy (non-hydrogen) atoms. The van der Waals surface area contributed by atoms with Gasteiger partial charge in [0, 0.05) is 25.3 Å². The molecule has 0 saturated heterocycles. The van der Waals surface area contributed by atoms with Crippen molar-refractivity contribution in [3.05, 3.63) is 42.5 Å². The van der Waals surface area contributed by atoms with Gasteiger partial charge in [-0.05, 0) is 24.3 Å². The van der Waals surface area contributed by atoms with Crippen LogP contribution in [-0.4, -0.2) is 30.8 Å². The highest BCUT2D eigenvalue weighted by Gasteiger charge is 2.07. The summed E-state index contributed by atoms with van der Waals surface area (Å²) in [6.07, 6.45) is 1.48. The fourth-order valence-electron chi connectivity index (χ4n) is 1.20. The molecule has 0 atom stereocenters. The second-order valence-corrected chi connectivity index (χ2v) is 3.62. The third-order valence-corrected chi connectivity index (χ3v) is 1.89. The van der Waals surface area contributed by atoms with Crippen LogP contribution in [0.15, 0.2) is 42.0 Å². The summed E-state index contributed by atoms with van der Waals surface area (Å²) in [4.78, 5) is 11.8. The van der Waals surface area contributed by atoms with E-state index in [0.29, 0.717) is 17.1 Å². The van der Waals surface area contributed by atoms with Gasteiger partial charge >= 0.3 is 0 Å². The lowest BCUT2D eigenvalue weighted by molar-refractivity contribution is 0.0977. The number of hydrogen-bond donors (Lipinski definition) is 2. The zero-order chi connectivity index (χ0) is 12.8. The average molecular weight is 232 g/mol. The molecule has 0 bridgehead atoms. The Morgan fingerprint density at radius 2 is 2.24 bits per heavy atom. The van der Waals surface area contributed by atoms with Gasteiger partial charge in [0.2, 0.25) is 0 Å². The molecule has 0 aliphatic carbocycles. The molecule has 3 N–H and O–H groups in total. The van der Waals surface area contributed by atoms with Gasteiger partial charge in [-0.25, -0.2) is 0 Å². The van der Waals surface area contributed by atoms with E-state index in [4.69, 9.17) is 5.73 Å². The van der Waals surface area contributed by atoms with Crippen molar-refractivity contribution in [1.29, 1.82) is 0 Å². The van der Waals surface area contributed by atoms with Gasteiger partial charge in [-0.2, -0.15) is 5.10 Å². The number of nitrogens with zero attached hydrogens (tertiary/aromatic N) is 2. The smallest absolute Gasteiger partial charge is 0.256 e. The topological polar surface area (TPSA) is 70.7 Å². The molecule has 90 valence electrons. The molecule has 0 aliphatic heterocycles. The Morgan fingerprint density at radius 3 is 2.76 bits per heavy atom. The maximum Gasteiger partial charge on any atom is 0.256 e. The van der Waals surface area contributed by atoms with Gasteiger partial charge in [0.25, 0.3) is 5.91 Å². The molecular formula is C12H16N4O. The number of carbonyl (C=O) groups is 1. The molecule has 0 fully saturated rings. The molecule has 1 aromatic rings. The van der Waals surface area contributed by atoms with Crippen molar-refractivity contribution in [2.45, 2.75) is 0 Å². The van der Waals surface area contributed by atoms with Gasteiger partial charge in [-0.3, -0.25) is 4.79 Å². The second kappa shape index (κ2) is 5.69. The van der Waals surface area contributed by atoms with Gasteiger partial charge in [-0.1, -0.05) is 12.6 Å². The lowest BCUT2D eigenvalue weighted by atomic mass is 10.2. The molecule has 1 aromatic carbocycles. The molecule has 0 heterocycles. The molecule has 1 amide bonds. The highest BCUT2D eigenvalue weighted by atomic mass is 16.1. The maximum absolute atomic E-state index is 11.8. The van der Waals surface area contributed by atoms with E-state index in [0.717, 1.165) is 0 Å². The van der Waals surface area contributed by atoms with Crippen molar-refractivity contribution >= 4 is 17.4 Å². The summed E-state index contributed by atoms with van der Waals surface area (Å²) in [7, 11) is 3.52. The highest BCUT2D eigenvalue weighted by molar-refractivity contribution is 6.10. The first-order chi connectivity index (χ1) is 8.02. The number of nitrogen functional groups attached to an aromatic ring is 1. The van der Waals surface area contributed by atoms with Crippen LogP contribution in [0.3, 0.4) is 0 Å². The van der Waals surface area contributed by atoms with Crippen molar-refractivity contribution in [2.24, 2.45) is 5.10 Å². The fourth-order valence-corrected chi connectivity index (χ4v) is 1.20. The van der Waals surface area contributed by atoms with Crippen LogP contribution < -0.4 is 11.1 Å². The molecular weight excluding hydrogens is 216 g/mol. The Hall–Kier alpha value is -2.30. The van der Waals surface area contributed by atoms with Crippen molar-refractivity contribution in [3.8, 4) is 0 Å². The predicted octanol–water partition coefficient (Wildman–Crippen LogP) is 1.06. The monoisotopic (exact) mass is 232 g/mol. The molecule has 5 nitrogen and oxygen atoms in total. The van der Waals surface area contributed by atoms with Crippen LogP contribution in [-0.2, 0) is 0 Å². The van der Waals surface area contributed by atoms with Crippen molar-refractivity contribution < 1.29 is 4.79 Å². The van der Waals surface area contributed by atoms with Gasteiger partial charge in [0.1, 0.15) is 0 Å². The number of carbonyl (C=O) groups excluding carboxylic acids is 1. The first-order valence-electron chi connectivity index (χ1n) is 5.08. The lowest BCUT2D eigenvalue weighted by Crippen LogP contribution is -2.30. The Morgan fingerprint density at radius 1 is 1.53 bits per heavy atom. The van der Waals surface area contributed by atoms with E-state index < -0.39 is 0 Å². The summed E-state index contributed by atoms with van der Waals surface area (Å²) in [6.45, 7) is 3.58. The molecule has 0 aliphatic rings. The van der Waals surface area contributed by atoms with E-state index in [1.807, 2.05) is 0 Å². The number of anilines is 1. The van der Waals surface area contributed by atoms with Crippen LogP contribution >= 0.6 is 0 Å². The molecule has 0 saturated carbocycles. The minimum absolute atomic E-state index is 0.266. The fraction of sp³-hybridized carbons (Fsp3) is 0.167. The van der Waals surface area contributed by atoms with Crippen LogP contribution in [0.1, 0.15) is 10.4 Å². The van der Waals surface area contributed by atoms with Gasteiger partial charge in [-0.15, -0.1) is 0 Å². The van der Waals surface area contributed by atoms with E-state index in [9.17, 15) is 4.79 Å². The molecule has 0 unspecified atom stereocenters. The average Bonchev–Trinajstić information content (AvgIpc) is 2.27. The van der Waals surface area contributed by atoms with Crippen molar-refractivity contribution in [1.82, 2.24) is 10.3 Å². The Kier molecular flexibility index (Phi) is 4.28. The molecule has 0 radical (unpaired) electrons. The third-order valence-electron chi connectivity index (χ3n) is 1.89. The van der Waals surface area contributed by atoms with E-state index in [2.05, 4.69) is 17.0 Å². The Bertz CT molecular complexity index is 452. The number of benzene rings is 1. The molecule has 1 rings (SSSR count). The van der Waals surface area contributed by atoms with E-state index in [-0.39, 0.29) is 5.91 Å². The SMILES string of the molecule is C=C/C(=N\N(C)C)NC(=O)c1cccc(N)c1. The zero-order valence-corrected chi connectivity index (χ0v) is 9.97. The summed E-state index contributed by atoms with van der Waals surface area (Å²) in [5.41, 5.74) is 6.63. The van der Waals surface area contributed by atoms with Crippen LogP contribution in [0, 0.1) is 0 Å². The standard InChI is InChI=1S/C12H16N4O/c1-4-11(15-16(2)3)14-12(17)9-6-5-7-10(13)8-9/h4-8H,1,13H2,2-3H3,(H,14,15,17). The maximum atomic E-state index is 11.8. The number of amides is 1. The zero-order valence-electron chi connectivity index (χ0n) is 9.97. The van der Waals surface area contributed by atoms with E-state index >= 15 is 0 Å². The first kappa shape index (κ1) is 12.8. The van der Waals surface area contributed by atoms with Crippen LogP contribution in [0.2, 0.25) is 0 Å². The van der Waals surface area contributed by atoms with Gasteiger partial charge in [0.15, 0.2) is 5.84 Å². The normalized spacial score (nSPS) is 10.8.